The van der Waals surface area contributed by atoms with Crippen molar-refractivity contribution in [2.45, 2.75) is 31.4 Å². The molecule has 0 bridgehead atoms. The molecule has 35 heavy (non-hydrogen) atoms. The Hall–Kier alpha value is -3.54. The van der Waals surface area contributed by atoms with Gasteiger partial charge in [0.2, 0.25) is 0 Å². The Labute approximate surface area is 198 Å². The molecule has 1 amide bonds. The van der Waals surface area contributed by atoms with Crippen molar-refractivity contribution in [2.24, 2.45) is 0 Å². The van der Waals surface area contributed by atoms with Crippen LogP contribution in [0.3, 0.4) is 0 Å². The van der Waals surface area contributed by atoms with Crippen LogP contribution >= 0.6 is 0 Å². The van der Waals surface area contributed by atoms with E-state index in [4.69, 9.17) is 14.2 Å². The maximum absolute atomic E-state index is 13.1. The number of methoxy groups -OCH3 is 2. The Morgan fingerprint density at radius 2 is 1.69 bits per heavy atom. The van der Waals surface area contributed by atoms with Gasteiger partial charge >= 0.3 is 18.3 Å². The number of carbonyl (C=O) groups is 2. The Morgan fingerprint density at radius 3 is 2.29 bits per heavy atom. The summed E-state index contributed by atoms with van der Waals surface area (Å²) in [6, 6.07) is 11.2. The third kappa shape index (κ3) is 8.32. The first kappa shape index (κ1) is 27.7. The summed E-state index contributed by atoms with van der Waals surface area (Å²) in [6.07, 6.45) is -6.15. The van der Waals surface area contributed by atoms with Crippen LogP contribution in [-0.2, 0) is 27.3 Å². The van der Waals surface area contributed by atoms with Gasteiger partial charge in [0.05, 0.1) is 14.2 Å². The van der Waals surface area contributed by atoms with Crippen LogP contribution in [0.2, 0.25) is 0 Å². The van der Waals surface area contributed by atoms with Crippen LogP contribution < -0.4 is 19.5 Å². The predicted octanol–water partition coefficient (Wildman–Crippen LogP) is 3.31. The number of nitrogens with one attached hydrogen (secondary N) is 1. The number of alkyl halides is 4. The average molecular weight is 503 g/mol. The maximum atomic E-state index is 13.1. The van der Waals surface area contributed by atoms with Crippen molar-refractivity contribution in [3.63, 3.8) is 0 Å². The highest BCUT2D eigenvalue weighted by Crippen LogP contribution is 2.26. The number of halogens is 4. The third-order valence-corrected chi connectivity index (χ3v) is 4.74. The van der Waals surface area contributed by atoms with Gasteiger partial charge in [-0.1, -0.05) is 24.3 Å². The van der Waals surface area contributed by atoms with Gasteiger partial charge in [0.15, 0.2) is 24.2 Å². The van der Waals surface area contributed by atoms with Crippen LogP contribution in [0.25, 0.3) is 0 Å². The minimum Gasteiger partial charge on any atom is -0.496 e. The lowest BCUT2D eigenvalue weighted by Gasteiger charge is -2.20. The first-order valence-electron chi connectivity index (χ1n) is 10.3. The van der Waals surface area contributed by atoms with Gasteiger partial charge in [0.25, 0.3) is 5.91 Å². The summed E-state index contributed by atoms with van der Waals surface area (Å²) in [4.78, 5) is 23.6. The lowest BCUT2D eigenvalue weighted by Crippen LogP contribution is -2.37. The highest BCUT2D eigenvalue weighted by atomic mass is 19.3. The number of para-hydroxylation sites is 2. The number of carboxylic acid groups (broad SMARTS) is 1. The number of hydrogen-bond donors (Lipinski definition) is 2. The lowest BCUT2D eigenvalue weighted by molar-refractivity contribution is -0.185. The molecular formula is C23H25F4NO7. The fraction of sp³-hybridized carbons (Fsp3) is 0.391. The van der Waals surface area contributed by atoms with E-state index in [1.54, 1.807) is 24.3 Å². The molecule has 1 unspecified atom stereocenters. The molecule has 8 nitrogen and oxygen atoms in total. The number of hydrogen-bond acceptors (Lipinski definition) is 6. The highest BCUT2D eigenvalue weighted by molar-refractivity contribution is 5.77. The minimum atomic E-state index is -4.48. The Bertz CT molecular complexity index is 1000. The summed E-state index contributed by atoms with van der Waals surface area (Å²) in [5.74, 6) is -5.33. The molecule has 0 aliphatic carbocycles. The van der Waals surface area contributed by atoms with Crippen LogP contribution in [0.4, 0.5) is 17.6 Å². The SMILES string of the molecule is COc1ccc(CC(OCC(F)(F)C(F)F)C(=O)O)cc1CNC(=O)COc1ccccc1OC. The third-order valence-electron chi connectivity index (χ3n) is 4.74. The second-order valence-electron chi connectivity index (χ2n) is 7.27. The minimum absolute atomic E-state index is 0.0207. The van der Waals surface area contributed by atoms with E-state index >= 15 is 0 Å². The Balaban J connectivity index is 2.01. The topological polar surface area (TPSA) is 103 Å². The first-order valence-corrected chi connectivity index (χ1v) is 10.3. The summed E-state index contributed by atoms with van der Waals surface area (Å²) < 4.78 is 71.3. The molecule has 0 fully saturated rings. The van der Waals surface area contributed by atoms with Gasteiger partial charge in [-0.05, 0) is 23.8 Å². The number of aliphatic carboxylic acids is 1. The fourth-order valence-corrected chi connectivity index (χ4v) is 2.93. The van der Waals surface area contributed by atoms with Crippen LogP contribution in [0.15, 0.2) is 42.5 Å². The molecule has 2 N–H and O–H groups in total. The van der Waals surface area contributed by atoms with Crippen molar-refractivity contribution < 1.29 is 51.2 Å². The van der Waals surface area contributed by atoms with Crippen molar-refractivity contribution >= 4 is 11.9 Å². The van der Waals surface area contributed by atoms with E-state index in [0.717, 1.165) is 0 Å². The van der Waals surface area contributed by atoms with Gasteiger partial charge in [-0.25, -0.2) is 13.6 Å². The van der Waals surface area contributed by atoms with Gasteiger partial charge in [-0.2, -0.15) is 8.78 Å². The monoisotopic (exact) mass is 503 g/mol. The predicted molar refractivity (Wildman–Crippen MR) is 115 cm³/mol. The molecule has 2 aromatic rings. The molecule has 0 radical (unpaired) electrons. The number of benzene rings is 2. The van der Waals surface area contributed by atoms with E-state index < -0.39 is 36.9 Å². The van der Waals surface area contributed by atoms with E-state index in [2.05, 4.69) is 10.1 Å². The Kier molecular flexibility index (Phi) is 10.1. The van der Waals surface area contributed by atoms with Crippen molar-refractivity contribution in [2.75, 3.05) is 27.4 Å². The average Bonchev–Trinajstić information content (AvgIpc) is 2.83. The molecule has 192 valence electrons. The molecule has 0 saturated carbocycles. The van der Waals surface area contributed by atoms with E-state index in [-0.39, 0.29) is 19.6 Å². The van der Waals surface area contributed by atoms with Crippen molar-refractivity contribution in [1.82, 2.24) is 5.32 Å². The van der Waals surface area contributed by atoms with Crippen molar-refractivity contribution in [1.29, 1.82) is 0 Å². The van der Waals surface area contributed by atoms with Gasteiger partial charge < -0.3 is 29.4 Å². The summed E-state index contributed by atoms with van der Waals surface area (Å²) in [7, 11) is 2.85. The first-order chi connectivity index (χ1) is 16.6. The molecule has 0 aliphatic heterocycles. The van der Waals surface area contributed by atoms with Crippen LogP contribution in [0.1, 0.15) is 11.1 Å². The molecule has 12 heteroatoms. The fourth-order valence-electron chi connectivity index (χ4n) is 2.93. The number of carbonyl (C=O) groups excluding carboxylic acids is 1. The second kappa shape index (κ2) is 12.8. The zero-order chi connectivity index (χ0) is 26.0. The molecule has 0 aromatic heterocycles. The summed E-state index contributed by atoms with van der Waals surface area (Å²) >= 11 is 0. The zero-order valence-corrected chi connectivity index (χ0v) is 18.9. The molecule has 0 saturated heterocycles. The smallest absolute Gasteiger partial charge is 0.333 e. The van der Waals surface area contributed by atoms with Gasteiger partial charge in [-0.3, -0.25) is 4.79 Å². The molecular weight excluding hydrogens is 478 g/mol. The van der Waals surface area contributed by atoms with Crippen molar-refractivity contribution in [3.8, 4) is 17.2 Å². The number of ether oxygens (including phenoxy) is 4. The molecule has 0 heterocycles. The summed E-state index contributed by atoms with van der Waals surface area (Å²) in [5, 5.41) is 11.9. The summed E-state index contributed by atoms with van der Waals surface area (Å²) in [5.41, 5.74) is 0.797. The van der Waals surface area contributed by atoms with E-state index in [1.807, 2.05) is 0 Å². The van der Waals surface area contributed by atoms with Crippen molar-refractivity contribution in [3.05, 3.63) is 53.6 Å². The normalized spacial score (nSPS) is 12.2. The molecule has 0 aliphatic rings. The number of amides is 1. The van der Waals surface area contributed by atoms with Gasteiger partial charge in [0, 0.05) is 18.5 Å². The zero-order valence-electron chi connectivity index (χ0n) is 18.9. The van der Waals surface area contributed by atoms with Gasteiger partial charge in [0.1, 0.15) is 12.4 Å². The quantitative estimate of drug-likeness (QED) is 0.382. The Morgan fingerprint density at radius 1 is 1.03 bits per heavy atom. The van der Waals surface area contributed by atoms with Crippen LogP contribution in [0.5, 0.6) is 17.2 Å². The van der Waals surface area contributed by atoms with Gasteiger partial charge in [-0.15, -0.1) is 0 Å². The second-order valence-corrected chi connectivity index (χ2v) is 7.27. The van der Waals surface area contributed by atoms with E-state index in [1.165, 1.54) is 32.4 Å². The van der Waals surface area contributed by atoms with Crippen LogP contribution in [0, 0.1) is 0 Å². The highest BCUT2D eigenvalue weighted by Gasteiger charge is 2.42. The molecule has 0 spiro atoms. The maximum Gasteiger partial charge on any atom is 0.333 e. The lowest BCUT2D eigenvalue weighted by atomic mass is 10.0. The largest absolute Gasteiger partial charge is 0.496 e. The van der Waals surface area contributed by atoms with E-state index in [0.29, 0.717) is 28.4 Å². The number of carboxylic acids is 1. The molecule has 2 rings (SSSR count). The van der Waals surface area contributed by atoms with E-state index in [9.17, 15) is 32.3 Å². The molecule has 2 aromatic carbocycles. The summed E-state index contributed by atoms with van der Waals surface area (Å²) in [6.45, 7) is -2.07. The standard InChI is InChI=1S/C23H25F4NO7/c1-32-16-8-7-14(10-19(21(30)31)35-13-23(26,27)22(24)25)9-15(16)11-28-20(29)12-34-18-6-4-3-5-17(18)33-2/h3-9,19,22H,10-13H2,1-2H3,(H,28,29)(H,30,31). The van der Waals surface area contributed by atoms with Crippen LogP contribution in [-0.4, -0.2) is 62.9 Å². The number of rotatable bonds is 14. The molecule has 1 atom stereocenters.